The Bertz CT molecular complexity index is 3000. The molecular weight excluding hydrogens is 651 g/mol. The van der Waals surface area contributed by atoms with Gasteiger partial charge in [-0.05, 0) is 111 Å². The topological polar surface area (TPSA) is 12.9 Å². The van der Waals surface area contributed by atoms with E-state index in [2.05, 4.69) is 194 Å². The third-order valence-corrected chi connectivity index (χ3v) is 11.3. The van der Waals surface area contributed by atoms with E-state index in [1.54, 1.807) is 0 Å². The third kappa shape index (κ3) is 4.76. The maximum absolute atomic E-state index is 5.19. The second-order valence-corrected chi connectivity index (χ2v) is 14.2. The zero-order chi connectivity index (χ0) is 35.6. The van der Waals surface area contributed by atoms with Crippen LogP contribution in [0.25, 0.3) is 109 Å². The first-order valence-electron chi connectivity index (χ1n) is 18.6. The number of fused-ring (bicyclic) bond motifs is 6. The highest BCUT2D eigenvalue weighted by Crippen LogP contribution is 2.48. The van der Waals surface area contributed by atoms with E-state index in [-0.39, 0.29) is 0 Å². The van der Waals surface area contributed by atoms with E-state index in [1.807, 2.05) is 6.20 Å². The summed E-state index contributed by atoms with van der Waals surface area (Å²) in [5, 5.41) is 13.5. The molecule has 1 aromatic heterocycles. The lowest BCUT2D eigenvalue weighted by Crippen LogP contribution is -1.95. The Kier molecular flexibility index (Phi) is 6.93. The van der Waals surface area contributed by atoms with Crippen molar-refractivity contribution in [3.8, 4) is 44.5 Å². The Hall–Kier alpha value is -7.09. The number of rotatable bonds is 4. The average molecular weight is 684 g/mol. The first-order valence-corrected chi connectivity index (χ1v) is 18.6. The smallest absolute Gasteiger partial charge is 0.0793 e. The number of nitrogens with zero attached hydrogens (tertiary/aromatic N) is 1. The van der Waals surface area contributed by atoms with E-state index in [1.165, 1.54) is 98.4 Å². The van der Waals surface area contributed by atoms with Crippen molar-refractivity contribution in [3.63, 3.8) is 0 Å². The van der Waals surface area contributed by atoms with E-state index in [9.17, 15) is 0 Å². The van der Waals surface area contributed by atoms with Crippen LogP contribution < -0.4 is 0 Å². The molecule has 11 rings (SSSR count). The molecule has 0 aliphatic carbocycles. The van der Waals surface area contributed by atoms with Crippen LogP contribution in [0.1, 0.15) is 0 Å². The summed E-state index contributed by atoms with van der Waals surface area (Å²) in [4.78, 5) is 5.19. The van der Waals surface area contributed by atoms with E-state index in [0.29, 0.717) is 0 Å². The summed E-state index contributed by atoms with van der Waals surface area (Å²) < 4.78 is 0. The molecule has 54 heavy (non-hydrogen) atoms. The molecule has 0 saturated carbocycles. The molecule has 0 radical (unpaired) electrons. The van der Waals surface area contributed by atoms with Crippen LogP contribution in [0.2, 0.25) is 0 Å². The van der Waals surface area contributed by atoms with Crippen LogP contribution in [0, 0.1) is 0 Å². The lowest BCUT2D eigenvalue weighted by Gasteiger charge is -2.20. The maximum atomic E-state index is 5.19. The fourth-order valence-electron chi connectivity index (χ4n) is 8.81. The van der Waals surface area contributed by atoms with Gasteiger partial charge in [0.25, 0.3) is 0 Å². The summed E-state index contributed by atoms with van der Waals surface area (Å²) in [5.74, 6) is 0. The van der Waals surface area contributed by atoms with Crippen LogP contribution in [0.4, 0.5) is 0 Å². The number of pyridine rings is 1. The average Bonchev–Trinajstić information content (AvgIpc) is 3.24. The number of benzene rings is 10. The van der Waals surface area contributed by atoms with Crippen LogP contribution in [0.15, 0.2) is 200 Å². The molecule has 0 spiro atoms. The molecule has 0 aliphatic heterocycles. The lowest BCUT2D eigenvalue weighted by molar-refractivity contribution is 1.42. The fourth-order valence-corrected chi connectivity index (χ4v) is 8.81. The highest BCUT2D eigenvalue weighted by Gasteiger charge is 2.21. The predicted octanol–water partition coefficient (Wildman–Crippen LogP) is 14.7. The van der Waals surface area contributed by atoms with Crippen molar-refractivity contribution in [1.29, 1.82) is 0 Å². The van der Waals surface area contributed by atoms with Crippen molar-refractivity contribution in [2.24, 2.45) is 0 Å². The van der Waals surface area contributed by atoms with Crippen molar-refractivity contribution >= 4 is 64.8 Å². The van der Waals surface area contributed by atoms with Crippen molar-refractivity contribution in [2.45, 2.75) is 0 Å². The highest BCUT2D eigenvalue weighted by molar-refractivity contribution is 6.25. The summed E-state index contributed by atoms with van der Waals surface area (Å²) in [7, 11) is 0. The molecule has 250 valence electrons. The van der Waals surface area contributed by atoms with Crippen LogP contribution in [-0.2, 0) is 0 Å². The Morgan fingerprint density at radius 2 is 0.648 bits per heavy atom. The first kappa shape index (κ1) is 30.5. The zero-order valence-corrected chi connectivity index (χ0v) is 29.5. The SMILES string of the molecule is c1ccc2cc(-c3ccc(-c4c5ccccc5c(-c5ccc(-c6ccc7ccccc7c6)c6ccccc56)c5ncccc45)c4ccccc34)ccc2c1. The molecule has 0 N–H and O–H groups in total. The van der Waals surface area contributed by atoms with Crippen LogP contribution in [0.5, 0.6) is 0 Å². The molecule has 0 unspecified atom stereocenters. The predicted molar refractivity (Wildman–Crippen MR) is 231 cm³/mol. The van der Waals surface area contributed by atoms with E-state index >= 15 is 0 Å². The molecule has 0 amide bonds. The van der Waals surface area contributed by atoms with E-state index in [0.717, 1.165) is 10.9 Å². The summed E-state index contributed by atoms with van der Waals surface area (Å²) >= 11 is 0. The number of hydrogen-bond acceptors (Lipinski definition) is 1. The first-order chi connectivity index (χ1) is 26.8. The van der Waals surface area contributed by atoms with Gasteiger partial charge in [-0.2, -0.15) is 0 Å². The zero-order valence-electron chi connectivity index (χ0n) is 29.5. The van der Waals surface area contributed by atoms with Gasteiger partial charge in [0, 0.05) is 17.1 Å². The van der Waals surface area contributed by atoms with Crippen molar-refractivity contribution < 1.29 is 0 Å². The largest absolute Gasteiger partial charge is 0.256 e. The molecule has 0 bridgehead atoms. The monoisotopic (exact) mass is 683 g/mol. The molecule has 0 saturated heterocycles. The lowest BCUT2D eigenvalue weighted by atomic mass is 9.83. The quantitative estimate of drug-likeness (QED) is 0.168. The van der Waals surface area contributed by atoms with Gasteiger partial charge in [-0.25, -0.2) is 0 Å². The maximum Gasteiger partial charge on any atom is 0.0793 e. The number of aromatic nitrogens is 1. The summed E-state index contributed by atoms with van der Waals surface area (Å²) in [6, 6.07) is 71.0. The summed E-state index contributed by atoms with van der Waals surface area (Å²) in [6.07, 6.45) is 1.94. The van der Waals surface area contributed by atoms with Crippen molar-refractivity contribution in [3.05, 3.63) is 200 Å². The van der Waals surface area contributed by atoms with Gasteiger partial charge in [0.15, 0.2) is 0 Å². The molecule has 1 heteroatoms. The molecule has 0 aliphatic rings. The van der Waals surface area contributed by atoms with Crippen molar-refractivity contribution in [2.75, 3.05) is 0 Å². The standard InChI is InChI=1S/C53H33N/c1-3-14-36-32-38(25-23-34(36)12-1)40-27-29-48(44-18-7-5-16-42(40)44)51-46-20-9-10-21-47(46)52(53-50(51)22-11-31-54-53)49-30-28-41(43-17-6-8-19-45(43)49)39-26-24-35-13-2-4-15-37(35)33-39/h1-33H. The molecule has 0 atom stereocenters. The highest BCUT2D eigenvalue weighted by atomic mass is 14.7. The van der Waals surface area contributed by atoms with Gasteiger partial charge < -0.3 is 0 Å². The molecule has 1 heterocycles. The van der Waals surface area contributed by atoms with Gasteiger partial charge in [-0.15, -0.1) is 0 Å². The Balaban J connectivity index is 1.16. The second-order valence-electron chi connectivity index (χ2n) is 14.2. The third-order valence-electron chi connectivity index (χ3n) is 11.3. The van der Waals surface area contributed by atoms with E-state index < -0.39 is 0 Å². The van der Waals surface area contributed by atoms with Crippen LogP contribution >= 0.6 is 0 Å². The van der Waals surface area contributed by atoms with Gasteiger partial charge in [-0.3, -0.25) is 4.98 Å². The summed E-state index contributed by atoms with van der Waals surface area (Å²) in [5.41, 5.74) is 10.7. The fraction of sp³-hybridized carbons (Fsp3) is 0. The molecule has 10 aromatic carbocycles. The summed E-state index contributed by atoms with van der Waals surface area (Å²) in [6.45, 7) is 0. The molecule has 0 fully saturated rings. The van der Waals surface area contributed by atoms with Gasteiger partial charge in [0.1, 0.15) is 0 Å². The minimum atomic E-state index is 1.01. The Morgan fingerprint density at radius 3 is 1.19 bits per heavy atom. The van der Waals surface area contributed by atoms with Gasteiger partial charge in [0.05, 0.1) is 5.52 Å². The normalized spacial score (nSPS) is 11.7. The molecule has 11 aromatic rings. The van der Waals surface area contributed by atoms with Crippen LogP contribution in [0.3, 0.4) is 0 Å². The van der Waals surface area contributed by atoms with Gasteiger partial charge >= 0.3 is 0 Å². The van der Waals surface area contributed by atoms with Gasteiger partial charge in [-0.1, -0.05) is 176 Å². The Labute approximate surface area is 313 Å². The minimum absolute atomic E-state index is 1.01. The van der Waals surface area contributed by atoms with Crippen LogP contribution in [-0.4, -0.2) is 4.98 Å². The molecule has 1 nitrogen and oxygen atoms in total. The van der Waals surface area contributed by atoms with Crippen molar-refractivity contribution in [1.82, 2.24) is 4.98 Å². The minimum Gasteiger partial charge on any atom is -0.256 e. The van der Waals surface area contributed by atoms with E-state index in [4.69, 9.17) is 4.98 Å². The second kappa shape index (κ2) is 12.3. The number of hydrogen-bond donors (Lipinski definition) is 0. The molecular formula is C53H33N. The van der Waals surface area contributed by atoms with Gasteiger partial charge in [0.2, 0.25) is 0 Å². The Morgan fingerprint density at radius 1 is 0.259 bits per heavy atom.